The van der Waals surface area contributed by atoms with Crippen molar-refractivity contribution in [2.24, 2.45) is 0 Å². The average Bonchev–Trinajstić information content (AvgIpc) is 2.27. The molecule has 0 aromatic heterocycles. The Bertz CT molecular complexity index is 315. The number of ether oxygens (including phenoxy) is 1. The monoisotopic (exact) mass is 239 g/mol. The molecule has 0 spiro atoms. The van der Waals surface area contributed by atoms with Crippen LogP contribution in [0, 0.1) is 6.92 Å². The first kappa shape index (κ1) is 13.4. The van der Waals surface area contributed by atoms with Gasteiger partial charge >= 0.3 is 0 Å². The zero-order valence-electron chi connectivity index (χ0n) is 10.4. The second-order valence-electron chi connectivity index (χ2n) is 3.69. The third-order valence-electron chi connectivity index (χ3n) is 2.27. The van der Waals surface area contributed by atoms with E-state index < -0.39 is 0 Å². The molecule has 0 amide bonds. The maximum Gasteiger partial charge on any atom is 0.123 e. The third-order valence-corrected chi connectivity index (χ3v) is 3.14. The Balaban J connectivity index is 2.56. The van der Waals surface area contributed by atoms with E-state index in [0.717, 1.165) is 30.4 Å². The zero-order chi connectivity index (χ0) is 11.8. The molecule has 1 N–H and O–H groups in total. The highest BCUT2D eigenvalue weighted by atomic mass is 32.2. The fourth-order valence-electron chi connectivity index (χ4n) is 1.53. The van der Waals surface area contributed by atoms with Crippen LogP contribution in [0.25, 0.3) is 0 Å². The predicted octanol–water partition coefficient (Wildman–Crippen LogP) is 2.85. The number of thioether (sulfide) groups is 1. The largest absolute Gasteiger partial charge is 0.492 e. The number of rotatable bonds is 7. The van der Waals surface area contributed by atoms with Gasteiger partial charge in [0.2, 0.25) is 0 Å². The molecule has 1 rings (SSSR count). The second kappa shape index (κ2) is 7.58. The molecule has 0 aliphatic heterocycles. The Morgan fingerprint density at radius 1 is 1.38 bits per heavy atom. The van der Waals surface area contributed by atoms with E-state index in [2.05, 4.69) is 37.4 Å². The molecule has 0 unspecified atom stereocenters. The molecular weight excluding hydrogens is 218 g/mol. The molecule has 0 saturated carbocycles. The van der Waals surface area contributed by atoms with Gasteiger partial charge in [-0.3, -0.25) is 0 Å². The van der Waals surface area contributed by atoms with Gasteiger partial charge in [0, 0.05) is 17.9 Å². The molecule has 0 saturated heterocycles. The molecule has 0 aliphatic rings. The standard InChI is InChI=1S/C13H21NOS/c1-4-16-8-7-15-13-6-5-11(2)9-12(13)10-14-3/h5-6,9,14H,4,7-8,10H2,1-3H3. The first-order chi connectivity index (χ1) is 7.77. The summed E-state index contributed by atoms with van der Waals surface area (Å²) in [6.07, 6.45) is 0. The van der Waals surface area contributed by atoms with Gasteiger partial charge in [-0.1, -0.05) is 24.6 Å². The lowest BCUT2D eigenvalue weighted by atomic mass is 10.1. The van der Waals surface area contributed by atoms with Gasteiger partial charge in [-0.05, 0) is 25.8 Å². The Morgan fingerprint density at radius 3 is 2.88 bits per heavy atom. The van der Waals surface area contributed by atoms with Crippen LogP contribution in [0.4, 0.5) is 0 Å². The number of benzene rings is 1. The summed E-state index contributed by atoms with van der Waals surface area (Å²) in [5.41, 5.74) is 2.52. The molecule has 3 heteroatoms. The number of aryl methyl sites for hydroxylation is 1. The number of hydrogen-bond donors (Lipinski definition) is 1. The van der Waals surface area contributed by atoms with Crippen LogP contribution in [0.15, 0.2) is 18.2 Å². The fourth-order valence-corrected chi connectivity index (χ4v) is 2.02. The molecule has 16 heavy (non-hydrogen) atoms. The van der Waals surface area contributed by atoms with Crippen molar-refractivity contribution < 1.29 is 4.74 Å². The normalized spacial score (nSPS) is 10.4. The van der Waals surface area contributed by atoms with Crippen molar-refractivity contribution in [1.29, 1.82) is 0 Å². The lowest BCUT2D eigenvalue weighted by molar-refractivity contribution is 0.339. The molecular formula is C13H21NOS. The lowest BCUT2D eigenvalue weighted by Crippen LogP contribution is -2.09. The molecule has 1 aromatic rings. The fraction of sp³-hybridized carbons (Fsp3) is 0.538. The highest BCUT2D eigenvalue weighted by Crippen LogP contribution is 2.20. The smallest absolute Gasteiger partial charge is 0.123 e. The van der Waals surface area contributed by atoms with Gasteiger partial charge in [0.25, 0.3) is 0 Å². The van der Waals surface area contributed by atoms with Gasteiger partial charge in [0.1, 0.15) is 5.75 Å². The molecule has 0 bridgehead atoms. The lowest BCUT2D eigenvalue weighted by Gasteiger charge is -2.11. The minimum atomic E-state index is 0.790. The van der Waals surface area contributed by atoms with Crippen LogP contribution in [0.1, 0.15) is 18.1 Å². The van der Waals surface area contributed by atoms with Crippen LogP contribution < -0.4 is 10.1 Å². The minimum absolute atomic E-state index is 0.790. The Morgan fingerprint density at radius 2 is 2.19 bits per heavy atom. The van der Waals surface area contributed by atoms with E-state index in [9.17, 15) is 0 Å². The molecule has 2 nitrogen and oxygen atoms in total. The molecule has 1 aromatic carbocycles. The first-order valence-electron chi connectivity index (χ1n) is 5.72. The maximum absolute atomic E-state index is 5.79. The summed E-state index contributed by atoms with van der Waals surface area (Å²) in [5, 5.41) is 3.17. The van der Waals surface area contributed by atoms with Crippen LogP contribution in [-0.4, -0.2) is 25.2 Å². The van der Waals surface area contributed by atoms with Crippen LogP contribution >= 0.6 is 11.8 Å². The van der Waals surface area contributed by atoms with Crippen LogP contribution in [-0.2, 0) is 6.54 Å². The molecule has 0 atom stereocenters. The highest BCUT2D eigenvalue weighted by molar-refractivity contribution is 7.99. The van der Waals surface area contributed by atoms with Gasteiger partial charge in [-0.2, -0.15) is 11.8 Å². The van der Waals surface area contributed by atoms with Crippen LogP contribution in [0.2, 0.25) is 0 Å². The number of hydrogen-bond acceptors (Lipinski definition) is 3. The summed E-state index contributed by atoms with van der Waals surface area (Å²) in [4.78, 5) is 0. The van der Waals surface area contributed by atoms with Gasteiger partial charge < -0.3 is 10.1 Å². The molecule has 0 radical (unpaired) electrons. The van der Waals surface area contributed by atoms with Gasteiger partial charge in [-0.15, -0.1) is 0 Å². The van der Waals surface area contributed by atoms with Gasteiger partial charge in [0.05, 0.1) is 6.61 Å². The Hall–Kier alpha value is -0.670. The highest BCUT2D eigenvalue weighted by Gasteiger charge is 2.02. The first-order valence-corrected chi connectivity index (χ1v) is 6.88. The van der Waals surface area contributed by atoms with Gasteiger partial charge in [-0.25, -0.2) is 0 Å². The van der Waals surface area contributed by atoms with E-state index >= 15 is 0 Å². The quantitative estimate of drug-likeness (QED) is 0.739. The van der Waals surface area contributed by atoms with E-state index in [4.69, 9.17) is 4.74 Å². The van der Waals surface area contributed by atoms with Crippen molar-refractivity contribution in [3.8, 4) is 5.75 Å². The summed E-state index contributed by atoms with van der Waals surface area (Å²) in [7, 11) is 1.96. The van der Waals surface area contributed by atoms with Crippen molar-refractivity contribution in [2.75, 3.05) is 25.2 Å². The number of nitrogens with one attached hydrogen (secondary N) is 1. The Kier molecular flexibility index (Phi) is 6.34. The van der Waals surface area contributed by atoms with Crippen LogP contribution in [0.3, 0.4) is 0 Å². The SMILES string of the molecule is CCSCCOc1ccc(C)cc1CNC. The van der Waals surface area contributed by atoms with E-state index in [1.54, 1.807) is 0 Å². The van der Waals surface area contributed by atoms with Crippen molar-refractivity contribution >= 4 is 11.8 Å². The van der Waals surface area contributed by atoms with E-state index in [-0.39, 0.29) is 0 Å². The predicted molar refractivity (Wildman–Crippen MR) is 72.4 cm³/mol. The van der Waals surface area contributed by atoms with E-state index in [1.165, 1.54) is 11.1 Å². The summed E-state index contributed by atoms with van der Waals surface area (Å²) < 4.78 is 5.79. The Labute approximate surface area is 103 Å². The topological polar surface area (TPSA) is 21.3 Å². The molecule has 0 heterocycles. The van der Waals surface area contributed by atoms with E-state index in [0.29, 0.717) is 0 Å². The van der Waals surface area contributed by atoms with Crippen molar-refractivity contribution in [3.05, 3.63) is 29.3 Å². The molecule has 0 fully saturated rings. The summed E-state index contributed by atoms with van der Waals surface area (Å²) >= 11 is 1.91. The summed E-state index contributed by atoms with van der Waals surface area (Å²) in [6.45, 7) is 5.93. The maximum atomic E-state index is 5.79. The van der Waals surface area contributed by atoms with Crippen molar-refractivity contribution in [2.45, 2.75) is 20.4 Å². The second-order valence-corrected chi connectivity index (χ2v) is 5.08. The summed E-state index contributed by atoms with van der Waals surface area (Å²) in [6, 6.07) is 6.35. The zero-order valence-corrected chi connectivity index (χ0v) is 11.2. The van der Waals surface area contributed by atoms with Crippen molar-refractivity contribution in [1.82, 2.24) is 5.32 Å². The van der Waals surface area contributed by atoms with Gasteiger partial charge in [0.15, 0.2) is 0 Å². The minimum Gasteiger partial charge on any atom is -0.492 e. The molecule has 90 valence electrons. The average molecular weight is 239 g/mol. The van der Waals surface area contributed by atoms with Crippen LogP contribution in [0.5, 0.6) is 5.75 Å². The third kappa shape index (κ3) is 4.45. The molecule has 0 aliphatic carbocycles. The summed E-state index contributed by atoms with van der Waals surface area (Å²) in [5.74, 6) is 3.22. The van der Waals surface area contributed by atoms with E-state index in [1.807, 2.05) is 18.8 Å². The van der Waals surface area contributed by atoms with Crippen molar-refractivity contribution in [3.63, 3.8) is 0 Å².